The lowest BCUT2D eigenvalue weighted by Gasteiger charge is -2.22. The first-order valence-corrected chi connectivity index (χ1v) is 29.9. The van der Waals surface area contributed by atoms with Crippen LogP contribution in [-0.4, -0.2) is 19.1 Å². The fourth-order valence-electron chi connectivity index (χ4n) is 13.0. The third kappa shape index (κ3) is 9.66. The van der Waals surface area contributed by atoms with Gasteiger partial charge in [0.1, 0.15) is 0 Å². The van der Waals surface area contributed by atoms with Gasteiger partial charge in [-0.3, -0.25) is 0 Å². The topological polar surface area (TPSA) is 124 Å². The van der Waals surface area contributed by atoms with Crippen LogP contribution in [0.3, 0.4) is 0 Å². The number of fused-ring (bicyclic) bond motifs is 6. The van der Waals surface area contributed by atoms with Gasteiger partial charge >= 0.3 is 0 Å². The fourth-order valence-corrected chi connectivity index (χ4v) is 13.0. The Morgan fingerprint density at radius 3 is 1.26 bits per heavy atom. The molecule has 430 valence electrons. The van der Waals surface area contributed by atoms with Gasteiger partial charge in [-0.25, -0.2) is 29.3 Å². The van der Waals surface area contributed by atoms with E-state index in [1.165, 1.54) is 0 Å². The number of benzene rings is 12. The second-order valence-electron chi connectivity index (χ2n) is 22.5. The average Bonchev–Trinajstić information content (AvgIpc) is 1.54. The highest BCUT2D eigenvalue weighted by Crippen LogP contribution is 2.48. The van der Waals surface area contributed by atoms with Crippen molar-refractivity contribution in [3.05, 3.63) is 323 Å². The van der Waals surface area contributed by atoms with Gasteiger partial charge in [0.25, 0.3) is 0 Å². The number of rotatable bonds is 10. The lowest BCUT2D eigenvalue weighted by atomic mass is 9.94. The standard InChI is InChI=1S/C83H43N11/c1-87-61-30-24-53(25-31-61)56-26-36-77-68(43-56)70-45-58(64-33-22-51(48-84)40-74(64)89-3)28-38-78(70)93(77)76-20-12-11-18-66(76)82-67(83-91-72(54-14-7-5-8-15-54)47-73(92-83)55-16-9-6-10-17-55)19-13-21-81(82)94-79-37-27-57(63-35-32-62(88-2)42-60(63)50-86)44-69(79)71-46-59(29-39-80(71)94)65-34-23-52(49-85)41-75(65)90-4/h5-47H. The summed E-state index contributed by atoms with van der Waals surface area (Å²) in [6, 6.07) is 91.8. The van der Waals surface area contributed by atoms with Crippen LogP contribution in [0.15, 0.2) is 261 Å². The van der Waals surface area contributed by atoms with Crippen molar-refractivity contribution in [3.63, 3.8) is 0 Å². The number of nitriles is 3. The van der Waals surface area contributed by atoms with Crippen LogP contribution in [0.5, 0.6) is 0 Å². The molecule has 3 aromatic heterocycles. The maximum atomic E-state index is 10.5. The third-order valence-electron chi connectivity index (χ3n) is 17.3. The van der Waals surface area contributed by atoms with E-state index in [-0.39, 0.29) is 0 Å². The SMILES string of the molecule is [C-]#[N+]c1ccc(-c2ccc3c(c2)c2cc(-c4ccc(C#N)cc4[N+]#[C-])ccc2n3-c2ccccc2-c2c(-c3nc(-c4ccccc4)cc(-c4ccccc4)n3)cccc2-n2c3ccc(-c4ccc([N+]#[C-])cc4C#N)cc3c3cc(-c4ccc(C#N)cc4[N+]#[C-])ccc32)cc1. The van der Waals surface area contributed by atoms with Crippen molar-refractivity contribution >= 4 is 66.4 Å². The van der Waals surface area contributed by atoms with Gasteiger partial charge in [0.05, 0.1) is 89.3 Å². The molecule has 0 N–H and O–H groups in total. The summed E-state index contributed by atoms with van der Waals surface area (Å²) in [6.45, 7) is 31.9. The van der Waals surface area contributed by atoms with Crippen molar-refractivity contribution in [2.45, 2.75) is 0 Å². The molecule has 0 unspecified atom stereocenters. The normalized spacial score (nSPS) is 10.9. The minimum absolute atomic E-state index is 0.343. The van der Waals surface area contributed by atoms with Gasteiger partial charge in [0.2, 0.25) is 0 Å². The van der Waals surface area contributed by atoms with Crippen LogP contribution in [0.4, 0.5) is 22.7 Å². The molecule has 0 aliphatic carbocycles. The first kappa shape index (κ1) is 56.3. The number of nitrogens with zero attached hydrogens (tertiary/aromatic N) is 11. The molecule has 0 saturated carbocycles. The predicted octanol–water partition coefficient (Wildman–Crippen LogP) is 21.8. The van der Waals surface area contributed by atoms with E-state index in [0.717, 1.165) is 122 Å². The Kier molecular flexibility index (Phi) is 14.0. The second kappa shape index (κ2) is 23.4. The Labute approximate surface area is 540 Å². The maximum Gasteiger partial charge on any atom is 0.196 e. The highest BCUT2D eigenvalue weighted by atomic mass is 15.0. The minimum Gasteiger partial charge on any atom is -0.309 e. The summed E-state index contributed by atoms with van der Waals surface area (Å²) in [5, 5.41) is 33.9. The number of hydrogen-bond donors (Lipinski definition) is 0. The zero-order chi connectivity index (χ0) is 64.0. The lowest BCUT2D eigenvalue weighted by Crippen LogP contribution is -2.04. The summed E-state index contributed by atoms with van der Waals surface area (Å²) < 4.78 is 4.56. The molecule has 0 radical (unpaired) electrons. The summed E-state index contributed by atoms with van der Waals surface area (Å²) in [4.78, 5) is 26.1. The zero-order valence-corrected chi connectivity index (χ0v) is 49.7. The molecule has 11 heteroatoms. The van der Waals surface area contributed by atoms with E-state index in [4.69, 9.17) is 36.3 Å². The van der Waals surface area contributed by atoms with E-state index < -0.39 is 0 Å². The van der Waals surface area contributed by atoms with Crippen LogP contribution < -0.4 is 0 Å². The Morgan fingerprint density at radius 1 is 0.309 bits per heavy atom. The van der Waals surface area contributed by atoms with Crippen molar-refractivity contribution in [2.75, 3.05) is 0 Å². The van der Waals surface area contributed by atoms with Gasteiger partial charge < -0.3 is 9.13 Å². The highest BCUT2D eigenvalue weighted by molar-refractivity contribution is 6.15. The van der Waals surface area contributed by atoms with Gasteiger partial charge in [0.15, 0.2) is 28.6 Å². The van der Waals surface area contributed by atoms with Gasteiger partial charge in [-0.2, -0.15) is 15.8 Å². The van der Waals surface area contributed by atoms with Crippen molar-refractivity contribution < 1.29 is 0 Å². The molecule has 15 aromatic rings. The number of aromatic nitrogens is 4. The average molecular weight is 1190 g/mol. The number of hydrogen-bond acceptors (Lipinski definition) is 5. The third-order valence-corrected chi connectivity index (χ3v) is 17.3. The Bertz CT molecular complexity index is 5810. The molecule has 11 nitrogen and oxygen atoms in total. The van der Waals surface area contributed by atoms with Gasteiger partial charge in [-0.1, -0.05) is 164 Å². The minimum atomic E-state index is 0.343. The van der Waals surface area contributed by atoms with Crippen LogP contribution in [0, 0.1) is 60.3 Å². The largest absolute Gasteiger partial charge is 0.309 e. The van der Waals surface area contributed by atoms with E-state index in [9.17, 15) is 15.8 Å². The van der Waals surface area contributed by atoms with E-state index in [2.05, 4.69) is 150 Å². The first-order valence-electron chi connectivity index (χ1n) is 29.9. The van der Waals surface area contributed by atoms with Crippen LogP contribution in [0.25, 0.3) is 164 Å². The summed E-state index contributed by atoms with van der Waals surface area (Å²) in [7, 11) is 0. The van der Waals surface area contributed by atoms with Crippen LogP contribution in [0.2, 0.25) is 0 Å². The fraction of sp³-hybridized carbons (Fsp3) is 0. The smallest absolute Gasteiger partial charge is 0.196 e. The molecule has 94 heavy (non-hydrogen) atoms. The van der Waals surface area contributed by atoms with Crippen molar-refractivity contribution in [1.82, 2.24) is 19.1 Å². The molecule has 0 aliphatic heterocycles. The first-order chi connectivity index (χ1) is 46.3. The molecular formula is C83H43N11. The van der Waals surface area contributed by atoms with Gasteiger partial charge in [0, 0.05) is 66.1 Å². The van der Waals surface area contributed by atoms with Crippen molar-refractivity contribution in [3.8, 4) is 119 Å². The molecule has 3 heterocycles. The van der Waals surface area contributed by atoms with E-state index in [0.29, 0.717) is 62.0 Å². The van der Waals surface area contributed by atoms with Crippen molar-refractivity contribution in [2.24, 2.45) is 0 Å². The monoisotopic (exact) mass is 1190 g/mol. The molecule has 0 bridgehead atoms. The van der Waals surface area contributed by atoms with Crippen LogP contribution >= 0.6 is 0 Å². The van der Waals surface area contributed by atoms with E-state index in [1.807, 2.05) is 121 Å². The molecule has 0 fully saturated rings. The molecule has 0 spiro atoms. The molecule has 0 saturated heterocycles. The van der Waals surface area contributed by atoms with E-state index in [1.54, 1.807) is 36.4 Å². The van der Waals surface area contributed by atoms with Gasteiger partial charge in [-0.05, 0) is 142 Å². The molecule has 0 atom stereocenters. The molecule has 12 aromatic carbocycles. The number of para-hydroxylation sites is 1. The molecule has 0 amide bonds. The quantitative estimate of drug-likeness (QED) is 0.126. The molecule has 0 aliphatic rings. The molecule has 15 rings (SSSR count). The lowest BCUT2D eigenvalue weighted by molar-refractivity contribution is 1.15. The summed E-state index contributed by atoms with van der Waals surface area (Å²) in [5.74, 6) is 0.482. The van der Waals surface area contributed by atoms with E-state index >= 15 is 0 Å². The summed E-state index contributed by atoms with van der Waals surface area (Å²) in [6.07, 6.45) is 0. The predicted molar refractivity (Wildman–Crippen MR) is 373 cm³/mol. The summed E-state index contributed by atoms with van der Waals surface area (Å²) in [5.41, 5.74) is 19.8. The summed E-state index contributed by atoms with van der Waals surface area (Å²) >= 11 is 0. The highest BCUT2D eigenvalue weighted by Gasteiger charge is 2.27. The Hall–Kier alpha value is -14.3. The Morgan fingerprint density at radius 2 is 0.745 bits per heavy atom. The zero-order valence-electron chi connectivity index (χ0n) is 49.7. The van der Waals surface area contributed by atoms with Crippen LogP contribution in [-0.2, 0) is 0 Å². The molecular weight excluding hydrogens is 1150 g/mol. The van der Waals surface area contributed by atoms with Crippen LogP contribution in [0.1, 0.15) is 16.7 Å². The maximum absolute atomic E-state index is 10.5. The Balaban J connectivity index is 1.05. The van der Waals surface area contributed by atoms with Crippen molar-refractivity contribution in [1.29, 1.82) is 15.8 Å². The van der Waals surface area contributed by atoms with Gasteiger partial charge in [-0.15, -0.1) is 0 Å². The second-order valence-corrected chi connectivity index (χ2v) is 22.5.